The minimum absolute atomic E-state index is 0.105. The van der Waals surface area contributed by atoms with E-state index in [1.807, 2.05) is 0 Å². The Morgan fingerprint density at radius 3 is 0.658 bits per heavy atom. The van der Waals surface area contributed by atoms with Gasteiger partial charge in [-0.15, -0.1) is 0 Å². The average Bonchev–Trinajstić information content (AvgIpc) is 3.34. The fourth-order valence-electron chi connectivity index (χ4n) is 5.15. The number of amides is 6. The predicted molar refractivity (Wildman–Crippen MR) is 263 cm³/mol. The Hall–Kier alpha value is -9.13. The summed E-state index contributed by atoms with van der Waals surface area (Å²) in [6.45, 7) is 13.7. The number of anilines is 6. The number of ether oxygens (including phenoxy) is 9. The zero-order chi connectivity index (χ0) is 53.5. The summed E-state index contributed by atoms with van der Waals surface area (Å²) in [4.78, 5) is 110. The Kier molecular flexibility index (Phi) is 25.4. The SMILES string of the molecule is C=C(C)C(=O)OCCOC(=O)Nc1ccc(NC(=O)OCCN(CCOC(=O)Nc2ccc(NC(=O)OCCOC(=O)C(=C)C)cc2)CCOC(=O)Nc2ccc(NC(=O)OCCOC(=O)C(=C)C)cc2)cc1. The van der Waals surface area contributed by atoms with E-state index in [2.05, 4.69) is 51.6 Å². The summed E-state index contributed by atoms with van der Waals surface area (Å²) >= 11 is 0. The molecule has 0 aromatic heterocycles. The quantitative estimate of drug-likeness (QED) is 0.0193. The highest BCUT2D eigenvalue weighted by Crippen LogP contribution is 2.17. The van der Waals surface area contributed by atoms with Gasteiger partial charge in [-0.2, -0.15) is 0 Å². The number of nitrogens with one attached hydrogen (secondary N) is 6. The maximum absolute atomic E-state index is 12.7. The smallest absolute Gasteiger partial charge is 0.411 e. The lowest BCUT2D eigenvalue weighted by Crippen LogP contribution is -2.36. The topological polar surface area (TPSA) is 312 Å². The van der Waals surface area contributed by atoms with Gasteiger partial charge in [0.25, 0.3) is 0 Å². The largest absolute Gasteiger partial charge is 0.459 e. The first-order valence-corrected chi connectivity index (χ1v) is 22.0. The highest BCUT2D eigenvalue weighted by atomic mass is 16.6. The van der Waals surface area contributed by atoms with Crippen LogP contribution in [0.15, 0.2) is 109 Å². The van der Waals surface area contributed by atoms with Gasteiger partial charge in [-0.1, -0.05) is 19.7 Å². The molecule has 0 unspecified atom stereocenters. The van der Waals surface area contributed by atoms with E-state index in [9.17, 15) is 43.2 Å². The first-order valence-electron chi connectivity index (χ1n) is 22.0. The molecule has 0 atom stereocenters. The molecule has 0 fully saturated rings. The highest BCUT2D eigenvalue weighted by Gasteiger charge is 2.14. The lowest BCUT2D eigenvalue weighted by Gasteiger charge is -2.22. The molecule has 3 rings (SSSR count). The van der Waals surface area contributed by atoms with Crippen molar-refractivity contribution in [3.05, 3.63) is 109 Å². The van der Waals surface area contributed by atoms with Gasteiger partial charge in [-0.3, -0.25) is 36.8 Å². The Morgan fingerprint density at radius 1 is 0.315 bits per heavy atom. The van der Waals surface area contributed by atoms with Crippen LogP contribution in [0.4, 0.5) is 62.9 Å². The van der Waals surface area contributed by atoms with E-state index in [4.69, 9.17) is 42.6 Å². The zero-order valence-corrected chi connectivity index (χ0v) is 40.3. The molecule has 0 radical (unpaired) electrons. The van der Waals surface area contributed by atoms with Crippen molar-refractivity contribution in [3.8, 4) is 0 Å². The summed E-state index contributed by atoms with van der Waals surface area (Å²) in [5.41, 5.74) is 2.66. The minimum atomic E-state index is -0.810. The Morgan fingerprint density at radius 2 is 0.479 bits per heavy atom. The summed E-state index contributed by atoms with van der Waals surface area (Å²) in [5, 5.41) is 15.1. The van der Waals surface area contributed by atoms with Gasteiger partial charge < -0.3 is 42.6 Å². The second-order valence-corrected chi connectivity index (χ2v) is 14.9. The van der Waals surface area contributed by atoms with Crippen molar-refractivity contribution in [1.29, 1.82) is 0 Å². The van der Waals surface area contributed by atoms with Crippen LogP contribution in [0, 0.1) is 0 Å². The molecule has 0 spiro atoms. The molecule has 3 aromatic carbocycles. The van der Waals surface area contributed by atoms with Crippen molar-refractivity contribution in [2.45, 2.75) is 20.8 Å². The van der Waals surface area contributed by atoms with Gasteiger partial charge in [0.1, 0.15) is 59.5 Å². The van der Waals surface area contributed by atoms with Gasteiger partial charge in [0.05, 0.1) is 0 Å². The molecule has 25 nitrogen and oxygen atoms in total. The van der Waals surface area contributed by atoms with Crippen LogP contribution in [0.1, 0.15) is 20.8 Å². The summed E-state index contributed by atoms with van der Waals surface area (Å²) in [5.74, 6) is -1.83. The summed E-state index contributed by atoms with van der Waals surface area (Å²) in [6.07, 6.45) is -4.82. The van der Waals surface area contributed by atoms with Gasteiger partial charge in [0.15, 0.2) is 0 Å². The number of esters is 3. The van der Waals surface area contributed by atoms with Crippen LogP contribution in [-0.2, 0) is 57.0 Å². The van der Waals surface area contributed by atoms with Gasteiger partial charge in [-0.25, -0.2) is 43.2 Å². The molecule has 0 aliphatic heterocycles. The van der Waals surface area contributed by atoms with E-state index in [-0.39, 0.29) is 95.8 Å². The maximum Gasteiger partial charge on any atom is 0.411 e. The third kappa shape index (κ3) is 25.3. The normalized spacial score (nSPS) is 10.2. The van der Waals surface area contributed by atoms with Crippen molar-refractivity contribution in [2.24, 2.45) is 0 Å². The van der Waals surface area contributed by atoms with E-state index in [0.717, 1.165) is 0 Å². The van der Waals surface area contributed by atoms with Gasteiger partial charge in [0.2, 0.25) is 0 Å². The van der Waals surface area contributed by atoms with Gasteiger partial charge in [0, 0.05) is 70.5 Å². The molecular weight excluding hydrogens is 963 g/mol. The molecule has 0 bridgehead atoms. The molecule has 73 heavy (non-hydrogen) atoms. The molecule has 0 heterocycles. The fourth-order valence-corrected chi connectivity index (χ4v) is 5.15. The van der Waals surface area contributed by atoms with Gasteiger partial charge >= 0.3 is 54.5 Å². The second kappa shape index (κ2) is 31.9. The molecule has 0 saturated carbocycles. The van der Waals surface area contributed by atoms with Crippen LogP contribution < -0.4 is 31.9 Å². The van der Waals surface area contributed by atoms with E-state index in [0.29, 0.717) is 34.1 Å². The van der Waals surface area contributed by atoms with Crippen molar-refractivity contribution >= 4 is 88.6 Å². The summed E-state index contributed by atoms with van der Waals surface area (Å²) in [7, 11) is 0. The van der Waals surface area contributed by atoms with Crippen LogP contribution in [0.25, 0.3) is 0 Å². The molecule has 6 amide bonds. The molecule has 0 saturated heterocycles. The minimum Gasteiger partial charge on any atom is -0.459 e. The van der Waals surface area contributed by atoms with E-state index >= 15 is 0 Å². The number of nitrogens with zero attached hydrogens (tertiary/aromatic N) is 1. The van der Waals surface area contributed by atoms with Crippen molar-refractivity contribution < 1.29 is 85.8 Å². The van der Waals surface area contributed by atoms with Crippen LogP contribution >= 0.6 is 0 Å². The predicted octanol–water partition coefficient (Wildman–Crippen LogP) is 7.04. The molecule has 0 aliphatic carbocycles. The van der Waals surface area contributed by atoms with E-state index < -0.39 is 54.5 Å². The zero-order valence-electron chi connectivity index (χ0n) is 40.3. The van der Waals surface area contributed by atoms with Crippen LogP contribution in [0.2, 0.25) is 0 Å². The third-order valence-electron chi connectivity index (χ3n) is 8.75. The number of rotatable bonds is 27. The Bertz CT molecular complexity index is 2150. The first-order chi connectivity index (χ1) is 34.9. The monoisotopic (exact) mass is 1020 g/mol. The third-order valence-corrected chi connectivity index (χ3v) is 8.75. The number of hydrogen-bond donors (Lipinski definition) is 6. The summed E-state index contributed by atoms with van der Waals surface area (Å²) < 4.78 is 45.5. The molecule has 0 aliphatic rings. The maximum atomic E-state index is 12.7. The average molecular weight is 1020 g/mol. The molecular formula is C48H57N7O18. The lowest BCUT2D eigenvalue weighted by molar-refractivity contribution is -0.140. The Labute approximate surface area is 419 Å². The number of carbonyl (C=O) groups excluding carboxylic acids is 9. The standard InChI is InChI=1S/C48H57N7O18/c1-31(2)40(56)65-25-28-71-46(62)52-37-13-7-34(8-14-37)49-43(59)68-22-19-55(20-23-69-44(60)50-35-9-15-38(16-10-35)53-47(63)72-29-26-66-41(57)32(3)4)21-24-70-45(61)51-36-11-17-39(18-12-36)54-48(64)73-30-27-67-42(58)33(5)6/h7-18H,1,3,5,19-30H2,2,4,6H3,(H,49,59)(H,50,60)(H,51,61)(H,52,62)(H,53,63)(H,54,64). The van der Waals surface area contributed by atoms with E-state index in [1.54, 1.807) is 4.90 Å². The first kappa shape index (κ1) is 58.2. The van der Waals surface area contributed by atoms with Crippen molar-refractivity contribution in [1.82, 2.24) is 4.90 Å². The molecule has 3 aromatic rings. The van der Waals surface area contributed by atoms with Crippen LogP contribution in [-0.4, -0.2) is 138 Å². The van der Waals surface area contributed by atoms with Crippen molar-refractivity contribution in [3.63, 3.8) is 0 Å². The van der Waals surface area contributed by atoms with Crippen LogP contribution in [0.3, 0.4) is 0 Å². The summed E-state index contributed by atoms with van der Waals surface area (Å²) in [6, 6.07) is 18.0. The van der Waals surface area contributed by atoms with E-state index in [1.165, 1.54) is 93.6 Å². The molecule has 6 N–H and O–H groups in total. The second-order valence-electron chi connectivity index (χ2n) is 14.9. The van der Waals surface area contributed by atoms with Crippen LogP contribution in [0.5, 0.6) is 0 Å². The lowest BCUT2D eigenvalue weighted by atomic mass is 10.3. The molecule has 25 heteroatoms. The molecule has 392 valence electrons. The highest BCUT2D eigenvalue weighted by molar-refractivity contribution is 5.90. The number of carbonyl (C=O) groups is 9. The Balaban J connectivity index is 1.47. The number of hydrogen-bond acceptors (Lipinski definition) is 19. The number of benzene rings is 3. The fraction of sp³-hybridized carbons (Fsp3) is 0.312. The van der Waals surface area contributed by atoms with Crippen molar-refractivity contribution in [2.75, 3.05) is 111 Å². The van der Waals surface area contributed by atoms with Gasteiger partial charge in [-0.05, 0) is 93.6 Å².